The van der Waals surface area contributed by atoms with Crippen molar-refractivity contribution in [2.24, 2.45) is 0 Å². The summed E-state index contributed by atoms with van der Waals surface area (Å²) >= 11 is 0. The molecule has 0 spiro atoms. The van der Waals surface area contributed by atoms with Crippen LogP contribution in [0.2, 0.25) is 0 Å². The summed E-state index contributed by atoms with van der Waals surface area (Å²) in [6.45, 7) is 5.98. The number of aryl methyl sites for hydroxylation is 1. The number of morpholine rings is 1. The molecule has 1 saturated heterocycles. The normalized spacial score (nSPS) is 17.6. The summed E-state index contributed by atoms with van der Waals surface area (Å²) < 4.78 is 5.33. The van der Waals surface area contributed by atoms with E-state index in [1.54, 1.807) is 7.05 Å². The number of rotatable bonds is 5. The number of likely N-dealkylation sites (N-methyl/N-ethyl adjacent to an activating group) is 1. The molecule has 6 heteroatoms. The van der Waals surface area contributed by atoms with Crippen LogP contribution >= 0.6 is 0 Å². The van der Waals surface area contributed by atoms with E-state index in [9.17, 15) is 9.59 Å². The molecule has 0 aromatic heterocycles. The van der Waals surface area contributed by atoms with Crippen molar-refractivity contribution in [2.45, 2.75) is 26.3 Å². The molecule has 6 nitrogen and oxygen atoms in total. The molecule has 126 valence electrons. The van der Waals surface area contributed by atoms with Gasteiger partial charge in [-0.2, -0.15) is 0 Å². The summed E-state index contributed by atoms with van der Waals surface area (Å²) in [6, 6.07) is 5.80. The van der Waals surface area contributed by atoms with Crippen LogP contribution in [0.15, 0.2) is 18.2 Å². The van der Waals surface area contributed by atoms with E-state index in [0.29, 0.717) is 19.6 Å². The lowest BCUT2D eigenvalue weighted by Crippen LogP contribution is -2.45. The molecule has 2 amide bonds. The topological polar surface area (TPSA) is 70.7 Å². The lowest BCUT2D eigenvalue weighted by molar-refractivity contribution is -0.134. The van der Waals surface area contributed by atoms with Crippen LogP contribution in [0.3, 0.4) is 0 Å². The number of nitrogens with zero attached hydrogens (tertiary/aromatic N) is 1. The SMILES string of the molecule is Cc1cccc(NC(=O)CN(C)C(=O)CC2COCCN2)c1C. The fraction of sp³-hybridized carbons (Fsp3) is 0.529. The van der Waals surface area contributed by atoms with E-state index in [2.05, 4.69) is 10.6 Å². The van der Waals surface area contributed by atoms with Crippen molar-refractivity contribution in [3.05, 3.63) is 29.3 Å². The first-order valence-electron chi connectivity index (χ1n) is 7.88. The van der Waals surface area contributed by atoms with Crippen LogP contribution in [-0.2, 0) is 14.3 Å². The lowest BCUT2D eigenvalue weighted by atomic mass is 10.1. The number of benzene rings is 1. The highest BCUT2D eigenvalue weighted by atomic mass is 16.5. The van der Waals surface area contributed by atoms with Crippen molar-refractivity contribution >= 4 is 17.5 Å². The summed E-state index contributed by atoms with van der Waals surface area (Å²) in [5.41, 5.74) is 2.95. The van der Waals surface area contributed by atoms with Crippen LogP contribution in [0.5, 0.6) is 0 Å². The Morgan fingerprint density at radius 3 is 2.87 bits per heavy atom. The molecule has 0 saturated carbocycles. The summed E-state index contributed by atoms with van der Waals surface area (Å²) in [5, 5.41) is 6.11. The maximum atomic E-state index is 12.2. The molecule has 1 aliphatic rings. The molecule has 0 aliphatic carbocycles. The summed E-state index contributed by atoms with van der Waals surface area (Å²) in [6.07, 6.45) is 0.341. The van der Waals surface area contributed by atoms with Crippen molar-refractivity contribution in [3.8, 4) is 0 Å². The highest BCUT2D eigenvalue weighted by Crippen LogP contribution is 2.17. The molecule has 1 aromatic carbocycles. The van der Waals surface area contributed by atoms with Gasteiger partial charge in [0.2, 0.25) is 11.8 Å². The van der Waals surface area contributed by atoms with Crippen LogP contribution in [0.4, 0.5) is 5.69 Å². The van der Waals surface area contributed by atoms with Gasteiger partial charge in [-0.1, -0.05) is 12.1 Å². The monoisotopic (exact) mass is 319 g/mol. The molecule has 0 radical (unpaired) electrons. The number of carbonyl (C=O) groups is 2. The van der Waals surface area contributed by atoms with E-state index in [0.717, 1.165) is 23.4 Å². The first-order chi connectivity index (χ1) is 11.0. The zero-order valence-electron chi connectivity index (χ0n) is 14.0. The largest absolute Gasteiger partial charge is 0.378 e. The van der Waals surface area contributed by atoms with Gasteiger partial charge in [-0.25, -0.2) is 0 Å². The third-order valence-electron chi connectivity index (χ3n) is 4.10. The zero-order valence-corrected chi connectivity index (χ0v) is 14.0. The van der Waals surface area contributed by atoms with Gasteiger partial charge in [0.1, 0.15) is 0 Å². The van der Waals surface area contributed by atoms with Gasteiger partial charge in [0.25, 0.3) is 0 Å². The zero-order chi connectivity index (χ0) is 16.8. The Labute approximate surface area is 137 Å². The molecule has 2 rings (SSSR count). The standard InChI is InChI=1S/C17H25N3O3/c1-12-5-4-6-15(13(12)2)19-16(21)10-20(3)17(22)9-14-11-23-8-7-18-14/h4-6,14,18H,7-11H2,1-3H3,(H,19,21). The highest BCUT2D eigenvalue weighted by molar-refractivity contribution is 5.95. The predicted molar refractivity (Wildman–Crippen MR) is 89.4 cm³/mol. The Hall–Kier alpha value is -1.92. The van der Waals surface area contributed by atoms with Crippen molar-refractivity contribution in [1.29, 1.82) is 0 Å². The second-order valence-electron chi connectivity index (χ2n) is 5.98. The summed E-state index contributed by atoms with van der Waals surface area (Å²) in [4.78, 5) is 25.8. The first kappa shape index (κ1) is 17.4. The lowest BCUT2D eigenvalue weighted by Gasteiger charge is -2.25. The van der Waals surface area contributed by atoms with Gasteiger partial charge in [0.05, 0.1) is 19.8 Å². The predicted octanol–water partition coefficient (Wildman–Crippen LogP) is 1.08. The second kappa shape index (κ2) is 8.08. The summed E-state index contributed by atoms with van der Waals surface area (Å²) in [5.74, 6) is -0.258. The quantitative estimate of drug-likeness (QED) is 0.852. The third kappa shape index (κ3) is 5.04. The summed E-state index contributed by atoms with van der Waals surface area (Å²) in [7, 11) is 1.65. The van der Waals surface area contributed by atoms with Gasteiger partial charge in [-0.3, -0.25) is 9.59 Å². The van der Waals surface area contributed by atoms with Crippen molar-refractivity contribution in [1.82, 2.24) is 10.2 Å². The minimum absolute atomic E-state index is 0.0285. The molecule has 1 atom stereocenters. The van der Waals surface area contributed by atoms with Gasteiger partial charge in [0, 0.05) is 31.7 Å². The number of anilines is 1. The Morgan fingerprint density at radius 1 is 1.39 bits per heavy atom. The fourth-order valence-corrected chi connectivity index (χ4v) is 2.50. The molecule has 1 aliphatic heterocycles. The second-order valence-corrected chi connectivity index (χ2v) is 5.98. The van der Waals surface area contributed by atoms with Gasteiger partial charge < -0.3 is 20.3 Å². The van der Waals surface area contributed by atoms with Crippen LogP contribution in [-0.4, -0.2) is 56.1 Å². The third-order valence-corrected chi connectivity index (χ3v) is 4.10. The fourth-order valence-electron chi connectivity index (χ4n) is 2.50. The number of ether oxygens (including phenoxy) is 1. The van der Waals surface area contributed by atoms with E-state index in [1.165, 1.54) is 4.90 Å². The minimum Gasteiger partial charge on any atom is -0.378 e. The number of carbonyl (C=O) groups excluding carboxylic acids is 2. The van der Waals surface area contributed by atoms with E-state index >= 15 is 0 Å². The van der Waals surface area contributed by atoms with Gasteiger partial charge >= 0.3 is 0 Å². The average Bonchev–Trinajstić information content (AvgIpc) is 2.52. The van der Waals surface area contributed by atoms with E-state index < -0.39 is 0 Å². The van der Waals surface area contributed by atoms with E-state index in [-0.39, 0.29) is 24.4 Å². The highest BCUT2D eigenvalue weighted by Gasteiger charge is 2.20. The Morgan fingerprint density at radius 2 is 2.17 bits per heavy atom. The first-order valence-corrected chi connectivity index (χ1v) is 7.88. The molecular formula is C17H25N3O3. The Balaban J connectivity index is 1.83. The number of nitrogens with one attached hydrogen (secondary N) is 2. The molecule has 1 fully saturated rings. The average molecular weight is 319 g/mol. The maximum absolute atomic E-state index is 12.2. The van der Waals surface area contributed by atoms with Crippen molar-refractivity contribution < 1.29 is 14.3 Å². The van der Waals surface area contributed by atoms with Gasteiger partial charge in [-0.15, -0.1) is 0 Å². The Bertz CT molecular complexity index is 568. The molecule has 23 heavy (non-hydrogen) atoms. The minimum atomic E-state index is -0.192. The van der Waals surface area contributed by atoms with Crippen LogP contribution in [0.1, 0.15) is 17.5 Å². The van der Waals surface area contributed by atoms with Gasteiger partial charge in [-0.05, 0) is 31.0 Å². The number of amides is 2. The number of hydrogen-bond acceptors (Lipinski definition) is 4. The molecule has 1 unspecified atom stereocenters. The Kier molecular flexibility index (Phi) is 6.12. The van der Waals surface area contributed by atoms with E-state index in [1.807, 2.05) is 32.0 Å². The van der Waals surface area contributed by atoms with Crippen molar-refractivity contribution in [2.75, 3.05) is 38.7 Å². The molecule has 1 heterocycles. The van der Waals surface area contributed by atoms with Gasteiger partial charge in [0.15, 0.2) is 0 Å². The molecule has 2 N–H and O–H groups in total. The number of hydrogen-bond donors (Lipinski definition) is 2. The van der Waals surface area contributed by atoms with E-state index in [4.69, 9.17) is 4.74 Å². The van der Waals surface area contributed by atoms with Crippen LogP contribution in [0.25, 0.3) is 0 Å². The van der Waals surface area contributed by atoms with Crippen LogP contribution in [0, 0.1) is 13.8 Å². The molecule has 0 bridgehead atoms. The molecule has 1 aromatic rings. The van der Waals surface area contributed by atoms with Crippen molar-refractivity contribution in [3.63, 3.8) is 0 Å². The van der Waals surface area contributed by atoms with Crippen LogP contribution < -0.4 is 10.6 Å². The smallest absolute Gasteiger partial charge is 0.243 e. The maximum Gasteiger partial charge on any atom is 0.243 e. The molecular weight excluding hydrogens is 294 g/mol.